The van der Waals surface area contributed by atoms with Crippen LogP contribution in [-0.4, -0.2) is 42.7 Å². The van der Waals surface area contributed by atoms with E-state index < -0.39 is 0 Å². The second-order valence-corrected chi connectivity index (χ2v) is 4.23. The molecule has 0 aromatic carbocycles. The van der Waals surface area contributed by atoms with Crippen LogP contribution in [0.3, 0.4) is 0 Å². The lowest BCUT2D eigenvalue weighted by Crippen LogP contribution is -2.14. The molecule has 21 heavy (non-hydrogen) atoms. The van der Waals surface area contributed by atoms with Gasteiger partial charge in [-0.1, -0.05) is 6.92 Å². The highest BCUT2D eigenvalue weighted by Crippen LogP contribution is 2.00. The number of aryl methyl sites for hydroxylation is 1. The van der Waals surface area contributed by atoms with E-state index in [1.54, 1.807) is 23.1 Å². The summed E-state index contributed by atoms with van der Waals surface area (Å²) in [7, 11) is 0. The van der Waals surface area contributed by atoms with Gasteiger partial charge in [0.15, 0.2) is 12.4 Å². The first-order valence-electron chi connectivity index (χ1n) is 6.71. The number of anilines is 1. The maximum Gasteiger partial charge on any atom is 0.308 e. The van der Waals surface area contributed by atoms with Gasteiger partial charge >= 0.3 is 5.97 Å². The number of hydrogen-bond donors (Lipinski definition) is 1. The first-order chi connectivity index (χ1) is 10.3. The van der Waals surface area contributed by atoms with Crippen molar-refractivity contribution in [2.75, 3.05) is 11.9 Å². The lowest BCUT2D eigenvalue weighted by Gasteiger charge is -2.06. The number of aromatic nitrogens is 6. The Morgan fingerprint density at radius 2 is 2.19 bits per heavy atom. The third kappa shape index (κ3) is 4.79. The third-order valence-electron chi connectivity index (χ3n) is 2.58. The molecule has 0 aliphatic heterocycles. The van der Waals surface area contributed by atoms with Crippen LogP contribution in [-0.2, 0) is 22.7 Å². The highest BCUT2D eigenvalue weighted by atomic mass is 16.5. The van der Waals surface area contributed by atoms with Crippen LogP contribution in [0.5, 0.6) is 0 Å². The zero-order chi connectivity index (χ0) is 14.9. The van der Waals surface area contributed by atoms with Crippen molar-refractivity contribution in [3.8, 4) is 0 Å². The lowest BCUT2D eigenvalue weighted by molar-refractivity contribution is -0.144. The fourth-order valence-corrected chi connectivity index (χ4v) is 1.60. The minimum absolute atomic E-state index is 0.0771. The Bertz CT molecular complexity index is 558. The Labute approximate surface area is 121 Å². The molecule has 0 bridgehead atoms. The number of rotatable bonds is 8. The number of nitrogens with zero attached hydrogens (tertiary/aromatic N) is 6. The number of ether oxygens (including phenoxy) is 1. The van der Waals surface area contributed by atoms with Crippen LogP contribution in [0.15, 0.2) is 18.5 Å². The minimum Gasteiger partial charge on any atom is -0.457 e. The van der Waals surface area contributed by atoms with Crippen molar-refractivity contribution in [3.05, 3.63) is 24.3 Å². The highest BCUT2D eigenvalue weighted by Gasteiger charge is 2.09. The van der Waals surface area contributed by atoms with Gasteiger partial charge in [-0.05, 0) is 22.9 Å². The van der Waals surface area contributed by atoms with Gasteiger partial charge in [-0.25, -0.2) is 14.6 Å². The molecular weight excluding hydrogens is 274 g/mol. The molecule has 2 rings (SSSR count). The van der Waals surface area contributed by atoms with Gasteiger partial charge in [0.25, 0.3) is 0 Å². The van der Waals surface area contributed by atoms with E-state index in [0.29, 0.717) is 24.9 Å². The summed E-state index contributed by atoms with van der Waals surface area (Å²) in [6.07, 6.45) is 4.38. The number of esters is 1. The normalized spacial score (nSPS) is 10.3. The van der Waals surface area contributed by atoms with Crippen LogP contribution >= 0.6 is 0 Å². The van der Waals surface area contributed by atoms with Crippen LogP contribution in [0, 0.1) is 0 Å². The quantitative estimate of drug-likeness (QED) is 0.697. The average Bonchev–Trinajstić information content (AvgIpc) is 2.94. The van der Waals surface area contributed by atoms with E-state index >= 15 is 0 Å². The Balaban J connectivity index is 1.69. The zero-order valence-electron chi connectivity index (χ0n) is 11.8. The van der Waals surface area contributed by atoms with Gasteiger partial charge in [-0.15, -0.1) is 5.10 Å². The topological polar surface area (TPSA) is 108 Å². The summed E-state index contributed by atoms with van der Waals surface area (Å²) in [6, 6.07) is 1.72. The molecule has 2 heterocycles. The van der Waals surface area contributed by atoms with Crippen molar-refractivity contribution < 1.29 is 9.53 Å². The van der Waals surface area contributed by atoms with Gasteiger partial charge in [0.1, 0.15) is 0 Å². The van der Waals surface area contributed by atoms with Crippen LogP contribution in [0.25, 0.3) is 0 Å². The first kappa shape index (κ1) is 14.8. The van der Waals surface area contributed by atoms with E-state index in [0.717, 1.165) is 6.42 Å². The van der Waals surface area contributed by atoms with Crippen molar-refractivity contribution in [3.63, 3.8) is 0 Å². The second-order valence-electron chi connectivity index (χ2n) is 4.23. The van der Waals surface area contributed by atoms with Gasteiger partial charge in [-0.2, -0.15) is 0 Å². The summed E-state index contributed by atoms with van der Waals surface area (Å²) in [5.41, 5.74) is 0. The summed E-state index contributed by atoms with van der Waals surface area (Å²) in [5, 5.41) is 14.1. The third-order valence-corrected chi connectivity index (χ3v) is 2.58. The Morgan fingerprint density at radius 1 is 1.38 bits per heavy atom. The predicted molar refractivity (Wildman–Crippen MR) is 73.0 cm³/mol. The molecule has 0 unspecified atom stereocenters. The Kier molecular flexibility index (Phi) is 5.56. The van der Waals surface area contributed by atoms with E-state index in [-0.39, 0.29) is 19.0 Å². The lowest BCUT2D eigenvalue weighted by atomic mass is 10.4. The molecule has 0 radical (unpaired) electrons. The van der Waals surface area contributed by atoms with Gasteiger partial charge in [0.2, 0.25) is 5.95 Å². The molecule has 9 heteroatoms. The number of nitrogens with one attached hydrogen (secondary N) is 1. The standard InChI is InChI=1S/C12H17N7O2/c1-2-8-19-10(16-17-18-19)9-21-11(20)4-7-15-12-13-5-3-6-14-12/h3,5-6H,2,4,7-9H2,1H3,(H,13,14,15). The van der Waals surface area contributed by atoms with Crippen molar-refractivity contribution >= 4 is 11.9 Å². The molecule has 112 valence electrons. The fraction of sp³-hybridized carbons (Fsp3) is 0.500. The SMILES string of the molecule is CCCn1nnnc1COC(=O)CCNc1ncccn1. The highest BCUT2D eigenvalue weighted by molar-refractivity contribution is 5.69. The summed E-state index contributed by atoms with van der Waals surface area (Å²) < 4.78 is 6.76. The molecule has 0 fully saturated rings. The maximum absolute atomic E-state index is 11.6. The van der Waals surface area contributed by atoms with Crippen molar-refractivity contribution in [1.82, 2.24) is 30.2 Å². The van der Waals surface area contributed by atoms with Crippen molar-refractivity contribution in [2.24, 2.45) is 0 Å². The number of carbonyl (C=O) groups excluding carboxylic acids is 1. The summed E-state index contributed by atoms with van der Waals surface area (Å²) >= 11 is 0. The minimum atomic E-state index is -0.329. The molecule has 0 aliphatic carbocycles. The van der Waals surface area contributed by atoms with E-state index in [2.05, 4.69) is 30.8 Å². The van der Waals surface area contributed by atoms with Crippen molar-refractivity contribution in [2.45, 2.75) is 32.9 Å². The largest absolute Gasteiger partial charge is 0.457 e. The number of carbonyl (C=O) groups is 1. The van der Waals surface area contributed by atoms with Crippen LogP contribution < -0.4 is 5.32 Å². The summed E-state index contributed by atoms with van der Waals surface area (Å²) in [6.45, 7) is 3.21. The molecule has 0 amide bonds. The van der Waals surface area contributed by atoms with Gasteiger partial charge in [-0.3, -0.25) is 4.79 Å². The average molecular weight is 291 g/mol. The van der Waals surface area contributed by atoms with Crippen LogP contribution in [0.1, 0.15) is 25.6 Å². The molecule has 0 spiro atoms. The zero-order valence-corrected chi connectivity index (χ0v) is 11.8. The molecule has 1 N–H and O–H groups in total. The van der Waals surface area contributed by atoms with E-state index in [4.69, 9.17) is 4.74 Å². The first-order valence-corrected chi connectivity index (χ1v) is 6.71. The molecule has 2 aromatic heterocycles. The van der Waals surface area contributed by atoms with Gasteiger partial charge < -0.3 is 10.1 Å². The molecule has 0 saturated heterocycles. The molecule has 0 saturated carbocycles. The maximum atomic E-state index is 11.6. The molecule has 9 nitrogen and oxygen atoms in total. The smallest absolute Gasteiger partial charge is 0.308 e. The van der Waals surface area contributed by atoms with Crippen LogP contribution in [0.2, 0.25) is 0 Å². The Morgan fingerprint density at radius 3 is 2.95 bits per heavy atom. The van der Waals surface area contributed by atoms with Crippen molar-refractivity contribution in [1.29, 1.82) is 0 Å². The van der Waals surface area contributed by atoms with Gasteiger partial charge in [0, 0.05) is 25.5 Å². The Hall–Kier alpha value is -2.58. The number of tetrazole rings is 1. The predicted octanol–water partition coefficient (Wildman–Crippen LogP) is 0.418. The van der Waals surface area contributed by atoms with E-state index in [9.17, 15) is 4.79 Å². The summed E-state index contributed by atoms with van der Waals surface area (Å²) in [4.78, 5) is 19.6. The molecule has 2 aromatic rings. The monoisotopic (exact) mass is 291 g/mol. The number of hydrogen-bond acceptors (Lipinski definition) is 8. The second kappa shape index (κ2) is 7.88. The van der Waals surface area contributed by atoms with Crippen LogP contribution in [0.4, 0.5) is 5.95 Å². The fourth-order valence-electron chi connectivity index (χ4n) is 1.60. The van der Waals surface area contributed by atoms with E-state index in [1.165, 1.54) is 0 Å². The summed E-state index contributed by atoms with van der Waals surface area (Å²) in [5.74, 6) is 0.700. The molecule has 0 atom stereocenters. The van der Waals surface area contributed by atoms with Gasteiger partial charge in [0.05, 0.1) is 6.42 Å². The molecule has 0 aliphatic rings. The van der Waals surface area contributed by atoms with E-state index in [1.807, 2.05) is 6.92 Å². The molecular formula is C12H17N7O2.